The van der Waals surface area contributed by atoms with Gasteiger partial charge in [0.15, 0.2) is 4.96 Å². The molecule has 21 heavy (non-hydrogen) atoms. The van der Waals surface area contributed by atoms with Crippen molar-refractivity contribution < 1.29 is 0 Å². The van der Waals surface area contributed by atoms with Gasteiger partial charge in [-0.05, 0) is 44.4 Å². The highest BCUT2D eigenvalue weighted by molar-refractivity contribution is 7.17. The summed E-state index contributed by atoms with van der Waals surface area (Å²) in [6.07, 6.45) is 9.47. The molecule has 3 aromatic rings. The summed E-state index contributed by atoms with van der Waals surface area (Å²) in [5.74, 6) is 0. The van der Waals surface area contributed by atoms with Crippen LogP contribution in [0.15, 0.2) is 24.5 Å². The van der Waals surface area contributed by atoms with E-state index in [4.69, 9.17) is 10.7 Å². The van der Waals surface area contributed by atoms with Crippen molar-refractivity contribution in [1.29, 1.82) is 0 Å². The SMILES string of the molecule is NCCc1c(-c2ccncc2)nc2sc3c(n12)CCCC3. The van der Waals surface area contributed by atoms with Crippen LogP contribution in [-0.2, 0) is 19.3 Å². The number of aromatic nitrogens is 3. The fraction of sp³-hybridized carbons (Fsp3) is 0.375. The summed E-state index contributed by atoms with van der Waals surface area (Å²) in [4.78, 5) is 11.6. The van der Waals surface area contributed by atoms with Crippen LogP contribution in [0.3, 0.4) is 0 Å². The van der Waals surface area contributed by atoms with E-state index in [0.717, 1.165) is 22.6 Å². The van der Waals surface area contributed by atoms with E-state index in [1.165, 1.54) is 41.9 Å². The third-order valence-electron chi connectivity index (χ3n) is 4.15. The number of hydrogen-bond donors (Lipinski definition) is 1. The fourth-order valence-corrected chi connectivity index (χ4v) is 4.43. The average Bonchev–Trinajstić information content (AvgIpc) is 3.05. The fourth-order valence-electron chi connectivity index (χ4n) is 3.20. The third kappa shape index (κ3) is 2.08. The van der Waals surface area contributed by atoms with Gasteiger partial charge in [-0.3, -0.25) is 9.38 Å². The smallest absolute Gasteiger partial charge is 0.194 e. The lowest BCUT2D eigenvalue weighted by molar-refractivity contribution is 0.669. The number of aryl methyl sites for hydroxylation is 2. The number of thiazole rings is 1. The summed E-state index contributed by atoms with van der Waals surface area (Å²) in [5.41, 5.74) is 10.8. The van der Waals surface area contributed by atoms with E-state index >= 15 is 0 Å². The Balaban J connectivity index is 1.96. The molecule has 1 aliphatic carbocycles. The molecule has 0 saturated carbocycles. The minimum Gasteiger partial charge on any atom is -0.330 e. The highest BCUT2D eigenvalue weighted by Gasteiger charge is 2.22. The van der Waals surface area contributed by atoms with Gasteiger partial charge in [0.1, 0.15) is 0 Å². The van der Waals surface area contributed by atoms with Gasteiger partial charge in [-0.15, -0.1) is 11.3 Å². The van der Waals surface area contributed by atoms with Gasteiger partial charge >= 0.3 is 0 Å². The van der Waals surface area contributed by atoms with Crippen LogP contribution < -0.4 is 5.73 Å². The standard InChI is InChI=1S/C16H18N4S/c17-8-5-13-15(11-6-9-18-10-7-11)19-16-20(13)12-3-1-2-4-14(12)21-16/h6-7,9-10H,1-5,8,17H2. The molecule has 0 amide bonds. The summed E-state index contributed by atoms with van der Waals surface area (Å²) >= 11 is 1.85. The van der Waals surface area contributed by atoms with E-state index in [0.29, 0.717) is 6.54 Å². The topological polar surface area (TPSA) is 56.2 Å². The molecule has 4 rings (SSSR count). The maximum Gasteiger partial charge on any atom is 0.194 e. The molecule has 0 saturated heterocycles. The van der Waals surface area contributed by atoms with Crippen LogP contribution in [0.4, 0.5) is 0 Å². The highest BCUT2D eigenvalue weighted by Crippen LogP contribution is 2.34. The molecule has 4 nitrogen and oxygen atoms in total. The first-order valence-corrected chi connectivity index (χ1v) is 8.32. The first-order chi connectivity index (χ1) is 10.4. The van der Waals surface area contributed by atoms with Crippen molar-refractivity contribution in [2.75, 3.05) is 6.54 Å². The van der Waals surface area contributed by atoms with Gasteiger partial charge < -0.3 is 5.73 Å². The predicted molar refractivity (Wildman–Crippen MR) is 85.7 cm³/mol. The average molecular weight is 298 g/mol. The number of fused-ring (bicyclic) bond motifs is 3. The minimum atomic E-state index is 0.649. The Hall–Kier alpha value is -1.72. The van der Waals surface area contributed by atoms with Crippen LogP contribution in [0.2, 0.25) is 0 Å². The molecule has 0 spiro atoms. The maximum atomic E-state index is 5.85. The Morgan fingerprint density at radius 2 is 2.00 bits per heavy atom. The second-order valence-corrected chi connectivity index (χ2v) is 6.54. The zero-order valence-electron chi connectivity index (χ0n) is 11.9. The molecule has 2 N–H and O–H groups in total. The summed E-state index contributed by atoms with van der Waals surface area (Å²) in [6, 6.07) is 4.05. The van der Waals surface area contributed by atoms with E-state index in [2.05, 4.69) is 9.38 Å². The van der Waals surface area contributed by atoms with Crippen LogP contribution in [0.25, 0.3) is 16.2 Å². The minimum absolute atomic E-state index is 0.649. The second-order valence-electron chi connectivity index (χ2n) is 5.48. The number of hydrogen-bond acceptors (Lipinski definition) is 4. The summed E-state index contributed by atoms with van der Waals surface area (Å²) in [6.45, 7) is 0.649. The summed E-state index contributed by atoms with van der Waals surface area (Å²) in [5, 5.41) is 0. The predicted octanol–water partition coefficient (Wildman–Crippen LogP) is 2.84. The molecule has 5 heteroatoms. The van der Waals surface area contributed by atoms with E-state index in [1.807, 2.05) is 35.9 Å². The molecule has 1 aliphatic rings. The first-order valence-electron chi connectivity index (χ1n) is 7.51. The number of imidazole rings is 1. The number of rotatable bonds is 3. The van der Waals surface area contributed by atoms with Crippen molar-refractivity contribution >= 4 is 16.3 Å². The molecule has 0 radical (unpaired) electrons. The van der Waals surface area contributed by atoms with Crippen LogP contribution in [-0.4, -0.2) is 20.9 Å². The van der Waals surface area contributed by atoms with Gasteiger partial charge in [-0.1, -0.05) is 0 Å². The number of nitrogens with zero attached hydrogens (tertiary/aromatic N) is 3. The quantitative estimate of drug-likeness (QED) is 0.809. The largest absolute Gasteiger partial charge is 0.330 e. The lowest BCUT2D eigenvalue weighted by atomic mass is 10.0. The van der Waals surface area contributed by atoms with Crippen LogP contribution >= 0.6 is 11.3 Å². The van der Waals surface area contributed by atoms with Crippen molar-refractivity contribution in [3.63, 3.8) is 0 Å². The molecule has 0 aliphatic heterocycles. The molecular weight excluding hydrogens is 280 g/mol. The van der Waals surface area contributed by atoms with E-state index in [1.54, 1.807) is 0 Å². The zero-order valence-corrected chi connectivity index (χ0v) is 12.7. The van der Waals surface area contributed by atoms with E-state index in [-0.39, 0.29) is 0 Å². The van der Waals surface area contributed by atoms with Gasteiger partial charge in [0.2, 0.25) is 0 Å². The van der Waals surface area contributed by atoms with E-state index in [9.17, 15) is 0 Å². The summed E-state index contributed by atoms with van der Waals surface area (Å²) < 4.78 is 2.38. The Morgan fingerprint density at radius 3 is 2.81 bits per heavy atom. The molecule has 0 fully saturated rings. The van der Waals surface area contributed by atoms with Crippen molar-refractivity contribution in [2.45, 2.75) is 32.1 Å². The molecule has 3 heterocycles. The first kappa shape index (κ1) is 13.0. The Labute approximate surface area is 127 Å². The van der Waals surface area contributed by atoms with Gasteiger partial charge in [0.05, 0.1) is 11.4 Å². The second kappa shape index (κ2) is 5.24. The van der Waals surface area contributed by atoms with Crippen LogP contribution in [0.1, 0.15) is 29.1 Å². The molecule has 108 valence electrons. The highest BCUT2D eigenvalue weighted by atomic mass is 32.1. The van der Waals surface area contributed by atoms with Gasteiger partial charge in [-0.25, -0.2) is 4.98 Å². The molecular formula is C16H18N4S. The molecule has 0 aromatic carbocycles. The van der Waals surface area contributed by atoms with E-state index < -0.39 is 0 Å². The Kier molecular flexibility index (Phi) is 3.24. The van der Waals surface area contributed by atoms with Crippen LogP contribution in [0, 0.1) is 0 Å². The Bertz CT molecular complexity index is 773. The van der Waals surface area contributed by atoms with Crippen molar-refractivity contribution in [3.8, 4) is 11.3 Å². The van der Waals surface area contributed by atoms with Gasteiger partial charge in [0, 0.05) is 34.9 Å². The monoisotopic (exact) mass is 298 g/mol. The molecule has 3 aromatic heterocycles. The lowest BCUT2D eigenvalue weighted by Crippen LogP contribution is -2.09. The molecule has 0 bridgehead atoms. The van der Waals surface area contributed by atoms with Crippen LogP contribution in [0.5, 0.6) is 0 Å². The lowest BCUT2D eigenvalue weighted by Gasteiger charge is -2.12. The number of pyridine rings is 1. The van der Waals surface area contributed by atoms with Crippen molar-refractivity contribution in [2.24, 2.45) is 5.73 Å². The zero-order chi connectivity index (χ0) is 14.2. The third-order valence-corrected chi connectivity index (χ3v) is 5.29. The normalized spacial score (nSPS) is 14.5. The van der Waals surface area contributed by atoms with Crippen molar-refractivity contribution in [1.82, 2.24) is 14.4 Å². The van der Waals surface area contributed by atoms with Gasteiger partial charge in [-0.2, -0.15) is 0 Å². The molecule has 0 atom stereocenters. The van der Waals surface area contributed by atoms with Gasteiger partial charge in [0.25, 0.3) is 0 Å². The Morgan fingerprint density at radius 1 is 1.19 bits per heavy atom. The number of nitrogens with two attached hydrogens (primary N) is 1. The molecule has 0 unspecified atom stereocenters. The van der Waals surface area contributed by atoms with Crippen molar-refractivity contribution in [3.05, 3.63) is 40.8 Å². The summed E-state index contributed by atoms with van der Waals surface area (Å²) in [7, 11) is 0. The maximum absolute atomic E-state index is 5.85.